The maximum absolute atomic E-state index is 5.96. The molecule has 0 atom stereocenters. The van der Waals surface area contributed by atoms with Gasteiger partial charge >= 0.3 is 0 Å². The molecule has 1 spiro atoms. The van der Waals surface area contributed by atoms with Gasteiger partial charge in [-0.1, -0.05) is 11.6 Å². The molecule has 0 N–H and O–H groups in total. The van der Waals surface area contributed by atoms with Crippen LogP contribution in [0.15, 0.2) is 17.0 Å². The largest absolute Gasteiger partial charge is 0.379 e. The number of hydrogen-bond donors (Lipinski definition) is 0. The molecule has 2 aliphatic heterocycles. The van der Waals surface area contributed by atoms with Crippen LogP contribution in [-0.2, 0) is 4.74 Å². The molecular formula is C18H26ClN3OS. The van der Waals surface area contributed by atoms with Crippen LogP contribution in [0.4, 0.5) is 0 Å². The molecular weight excluding hydrogens is 342 g/mol. The highest BCUT2D eigenvalue weighted by Gasteiger charge is 2.47. The van der Waals surface area contributed by atoms with Crippen molar-refractivity contribution in [2.45, 2.75) is 43.5 Å². The minimum absolute atomic E-state index is 0.582. The third-order valence-electron chi connectivity index (χ3n) is 5.91. The van der Waals surface area contributed by atoms with E-state index in [1.165, 1.54) is 43.7 Å². The molecule has 0 aromatic carbocycles. The third-order valence-corrected chi connectivity index (χ3v) is 7.38. The molecule has 1 aromatic rings. The van der Waals surface area contributed by atoms with Crippen LogP contribution in [0, 0.1) is 12.3 Å². The van der Waals surface area contributed by atoms with Crippen LogP contribution in [0.2, 0.25) is 5.15 Å². The molecule has 3 fully saturated rings. The van der Waals surface area contributed by atoms with Gasteiger partial charge in [0.05, 0.1) is 18.9 Å². The van der Waals surface area contributed by atoms with Crippen molar-refractivity contribution in [3.05, 3.63) is 23.0 Å². The van der Waals surface area contributed by atoms with Gasteiger partial charge in [0.15, 0.2) is 0 Å². The summed E-state index contributed by atoms with van der Waals surface area (Å²) in [5.41, 5.74) is 1.65. The number of rotatable bonds is 3. The molecule has 0 radical (unpaired) electrons. The lowest BCUT2D eigenvalue weighted by molar-refractivity contribution is -0.0664. The van der Waals surface area contributed by atoms with Crippen molar-refractivity contribution in [1.82, 2.24) is 14.2 Å². The van der Waals surface area contributed by atoms with Crippen LogP contribution < -0.4 is 0 Å². The second-order valence-corrected chi connectivity index (χ2v) is 8.97. The Morgan fingerprint density at radius 2 is 1.88 bits per heavy atom. The molecule has 3 heterocycles. The van der Waals surface area contributed by atoms with Crippen molar-refractivity contribution < 1.29 is 4.74 Å². The monoisotopic (exact) mass is 367 g/mol. The lowest BCUT2D eigenvalue weighted by Crippen LogP contribution is -2.56. The van der Waals surface area contributed by atoms with E-state index < -0.39 is 0 Å². The molecule has 3 aliphatic rings. The van der Waals surface area contributed by atoms with Gasteiger partial charge in [-0.2, -0.15) is 0 Å². The molecule has 6 heteroatoms. The van der Waals surface area contributed by atoms with Crippen LogP contribution in [0.3, 0.4) is 0 Å². The average molecular weight is 368 g/mol. The third kappa shape index (κ3) is 3.61. The van der Waals surface area contributed by atoms with Crippen LogP contribution in [-0.4, -0.2) is 59.6 Å². The zero-order chi connectivity index (χ0) is 16.6. The summed E-state index contributed by atoms with van der Waals surface area (Å²) in [5, 5.41) is 0.582. The Hall–Kier alpha value is -0.330. The molecule has 0 unspecified atom stereocenters. The summed E-state index contributed by atoms with van der Waals surface area (Å²) in [7, 11) is 0. The Balaban J connectivity index is 1.27. The Labute approximate surface area is 154 Å². The lowest BCUT2D eigenvalue weighted by atomic mass is 9.60. The summed E-state index contributed by atoms with van der Waals surface area (Å²) in [5.74, 6) is 0. The van der Waals surface area contributed by atoms with E-state index in [0.29, 0.717) is 10.6 Å². The number of pyridine rings is 1. The summed E-state index contributed by atoms with van der Waals surface area (Å²) < 4.78 is 7.98. The van der Waals surface area contributed by atoms with Gasteiger partial charge in [0.1, 0.15) is 5.15 Å². The normalized spacial score (nSPS) is 25.8. The standard InChI is InChI=1S/C18H26ClN3OS/c1-14-16(2-3-17(19)20-14)24-22-6-4-18(5-7-22)12-15(13-18)21-8-10-23-11-9-21/h2-3,15H,4-13H2,1H3. The van der Waals surface area contributed by atoms with Crippen molar-refractivity contribution in [3.8, 4) is 0 Å². The van der Waals surface area contributed by atoms with Gasteiger partial charge in [0.2, 0.25) is 0 Å². The van der Waals surface area contributed by atoms with E-state index in [-0.39, 0.29) is 0 Å². The van der Waals surface area contributed by atoms with Crippen LogP contribution in [0.25, 0.3) is 0 Å². The fraction of sp³-hybridized carbons (Fsp3) is 0.722. The van der Waals surface area contributed by atoms with Crippen molar-refractivity contribution in [3.63, 3.8) is 0 Å². The van der Waals surface area contributed by atoms with E-state index in [9.17, 15) is 0 Å². The fourth-order valence-electron chi connectivity index (χ4n) is 4.35. The second-order valence-electron chi connectivity index (χ2n) is 7.45. The van der Waals surface area contributed by atoms with Gasteiger partial charge < -0.3 is 4.74 Å². The molecule has 132 valence electrons. The van der Waals surface area contributed by atoms with E-state index in [4.69, 9.17) is 16.3 Å². The maximum Gasteiger partial charge on any atom is 0.129 e. The highest BCUT2D eigenvalue weighted by atomic mass is 35.5. The molecule has 0 amide bonds. The van der Waals surface area contributed by atoms with E-state index in [1.54, 1.807) is 0 Å². The molecule has 2 saturated heterocycles. The molecule has 1 saturated carbocycles. The molecule has 1 aromatic heterocycles. The van der Waals surface area contributed by atoms with E-state index >= 15 is 0 Å². The summed E-state index contributed by atoms with van der Waals surface area (Å²) in [6.45, 7) is 8.51. The Morgan fingerprint density at radius 3 is 2.54 bits per heavy atom. The SMILES string of the molecule is Cc1nc(Cl)ccc1SN1CCC2(CC1)CC(N1CCOCC1)C2. The minimum Gasteiger partial charge on any atom is -0.379 e. The number of ether oxygens (including phenoxy) is 1. The number of hydrogen-bond acceptors (Lipinski definition) is 5. The second kappa shape index (κ2) is 7.12. The van der Waals surface area contributed by atoms with Gasteiger partial charge in [-0.15, -0.1) is 0 Å². The van der Waals surface area contributed by atoms with E-state index in [0.717, 1.165) is 38.0 Å². The first-order valence-corrected chi connectivity index (χ1v) is 10.2. The first-order valence-electron chi connectivity index (χ1n) is 9.01. The summed E-state index contributed by atoms with van der Waals surface area (Å²) >= 11 is 7.80. The predicted molar refractivity (Wildman–Crippen MR) is 98.5 cm³/mol. The number of nitrogens with zero attached hydrogens (tertiary/aromatic N) is 3. The predicted octanol–water partition coefficient (Wildman–Crippen LogP) is 3.63. The number of halogens is 1. The Morgan fingerprint density at radius 1 is 1.17 bits per heavy atom. The van der Waals surface area contributed by atoms with Gasteiger partial charge in [-0.25, -0.2) is 9.29 Å². The van der Waals surface area contributed by atoms with Crippen molar-refractivity contribution in [2.75, 3.05) is 39.4 Å². The lowest BCUT2D eigenvalue weighted by Gasteiger charge is -2.55. The summed E-state index contributed by atoms with van der Waals surface area (Å²) in [6, 6.07) is 4.80. The minimum atomic E-state index is 0.582. The molecule has 24 heavy (non-hydrogen) atoms. The van der Waals surface area contributed by atoms with Crippen molar-refractivity contribution in [2.24, 2.45) is 5.41 Å². The zero-order valence-electron chi connectivity index (χ0n) is 14.3. The maximum atomic E-state index is 5.96. The summed E-state index contributed by atoms with van der Waals surface area (Å²) in [6.07, 6.45) is 5.46. The Kier molecular flexibility index (Phi) is 5.07. The average Bonchev–Trinajstić information content (AvgIpc) is 2.57. The quantitative estimate of drug-likeness (QED) is 0.601. The van der Waals surface area contributed by atoms with E-state index in [2.05, 4.69) is 20.3 Å². The summed E-state index contributed by atoms with van der Waals surface area (Å²) in [4.78, 5) is 8.24. The van der Waals surface area contributed by atoms with Gasteiger partial charge in [-0.05, 0) is 62.1 Å². The van der Waals surface area contributed by atoms with Crippen molar-refractivity contribution in [1.29, 1.82) is 0 Å². The van der Waals surface area contributed by atoms with Gasteiger partial charge in [0.25, 0.3) is 0 Å². The first kappa shape index (κ1) is 17.1. The van der Waals surface area contributed by atoms with Gasteiger partial charge in [0, 0.05) is 37.1 Å². The van der Waals surface area contributed by atoms with Crippen LogP contribution in [0.1, 0.15) is 31.4 Å². The van der Waals surface area contributed by atoms with Crippen LogP contribution >= 0.6 is 23.5 Å². The van der Waals surface area contributed by atoms with E-state index in [1.807, 2.05) is 24.9 Å². The topological polar surface area (TPSA) is 28.6 Å². The molecule has 4 rings (SSSR count). The highest BCUT2D eigenvalue weighted by Crippen LogP contribution is 2.52. The zero-order valence-corrected chi connectivity index (χ0v) is 15.9. The number of piperidine rings is 1. The number of aromatic nitrogens is 1. The first-order chi connectivity index (χ1) is 11.6. The number of morpholine rings is 1. The molecule has 0 bridgehead atoms. The molecule has 4 nitrogen and oxygen atoms in total. The van der Waals surface area contributed by atoms with Gasteiger partial charge in [-0.3, -0.25) is 4.90 Å². The smallest absolute Gasteiger partial charge is 0.129 e. The van der Waals surface area contributed by atoms with Crippen molar-refractivity contribution >= 4 is 23.5 Å². The Bertz CT molecular complexity index is 578. The molecule has 1 aliphatic carbocycles. The van der Waals surface area contributed by atoms with Crippen LogP contribution in [0.5, 0.6) is 0 Å². The number of aryl methyl sites for hydroxylation is 1. The fourth-order valence-corrected chi connectivity index (χ4v) is 5.49. The highest BCUT2D eigenvalue weighted by molar-refractivity contribution is 7.97.